The highest BCUT2D eigenvalue weighted by Gasteiger charge is 2.28. The van der Waals surface area contributed by atoms with Gasteiger partial charge < -0.3 is 10.6 Å². The van der Waals surface area contributed by atoms with Gasteiger partial charge in [-0.2, -0.15) is 0 Å². The van der Waals surface area contributed by atoms with Crippen LogP contribution in [-0.4, -0.2) is 22.5 Å². The minimum Gasteiger partial charge on any atom is -0.378 e. The molecule has 1 aliphatic heterocycles. The van der Waals surface area contributed by atoms with Crippen molar-refractivity contribution in [3.8, 4) is 0 Å². The molecule has 6 nitrogen and oxygen atoms in total. The van der Waals surface area contributed by atoms with Crippen molar-refractivity contribution in [3.63, 3.8) is 0 Å². The van der Waals surface area contributed by atoms with Crippen LogP contribution in [0.4, 0.5) is 17.3 Å². The van der Waals surface area contributed by atoms with Crippen LogP contribution < -0.4 is 10.6 Å². The summed E-state index contributed by atoms with van der Waals surface area (Å²) < 4.78 is 0. The lowest BCUT2D eigenvalue weighted by atomic mass is 10.0. The molecule has 2 N–H and O–H groups in total. The molecule has 0 radical (unpaired) electrons. The van der Waals surface area contributed by atoms with Crippen LogP contribution in [0.2, 0.25) is 0 Å². The molecule has 98 valence electrons. The van der Waals surface area contributed by atoms with E-state index in [1.165, 1.54) is 6.07 Å². The highest BCUT2D eigenvalue weighted by Crippen LogP contribution is 2.30. The van der Waals surface area contributed by atoms with E-state index in [1.807, 2.05) is 0 Å². The van der Waals surface area contributed by atoms with E-state index in [0.717, 1.165) is 25.2 Å². The van der Waals surface area contributed by atoms with E-state index >= 15 is 0 Å². The molecule has 0 saturated carbocycles. The fourth-order valence-corrected chi connectivity index (χ4v) is 2.54. The summed E-state index contributed by atoms with van der Waals surface area (Å²) in [6.45, 7) is 5.29. The maximum atomic E-state index is 10.7. The van der Waals surface area contributed by atoms with Crippen LogP contribution in [0.25, 0.3) is 0 Å². The first kappa shape index (κ1) is 12.6. The standard InChI is InChI=1S/C12H18N4O2/c1-8(2)9-4-3-7-15(9)11-6-5-10(16(17)18)12(13)14-11/h5-6,8-9H,3-4,7H2,1-2H3,(H2,13,14). The molecule has 1 aliphatic rings. The minimum absolute atomic E-state index is 0.00749. The molecule has 0 spiro atoms. The quantitative estimate of drug-likeness (QED) is 0.656. The highest BCUT2D eigenvalue weighted by atomic mass is 16.6. The van der Waals surface area contributed by atoms with Crippen LogP contribution in [0.1, 0.15) is 26.7 Å². The average molecular weight is 250 g/mol. The number of nitrogens with two attached hydrogens (primary N) is 1. The third-order valence-corrected chi connectivity index (χ3v) is 3.45. The first-order valence-corrected chi connectivity index (χ1v) is 6.18. The summed E-state index contributed by atoms with van der Waals surface area (Å²) in [5.41, 5.74) is 5.51. The van der Waals surface area contributed by atoms with E-state index in [9.17, 15) is 10.1 Å². The Morgan fingerprint density at radius 2 is 2.28 bits per heavy atom. The molecule has 0 aliphatic carbocycles. The van der Waals surface area contributed by atoms with E-state index in [1.54, 1.807) is 6.07 Å². The minimum atomic E-state index is -0.504. The maximum Gasteiger partial charge on any atom is 0.311 e. The van der Waals surface area contributed by atoms with Gasteiger partial charge in [0.1, 0.15) is 5.82 Å². The first-order valence-electron chi connectivity index (χ1n) is 6.18. The number of hydrogen-bond donors (Lipinski definition) is 1. The van der Waals surface area contributed by atoms with Crippen molar-refractivity contribution < 1.29 is 4.92 Å². The van der Waals surface area contributed by atoms with Gasteiger partial charge in [-0.05, 0) is 24.8 Å². The van der Waals surface area contributed by atoms with Gasteiger partial charge in [-0.25, -0.2) is 4.98 Å². The summed E-state index contributed by atoms with van der Waals surface area (Å²) in [6, 6.07) is 3.57. The monoisotopic (exact) mass is 250 g/mol. The number of nitro groups is 1. The Morgan fingerprint density at radius 3 is 2.83 bits per heavy atom. The zero-order chi connectivity index (χ0) is 13.3. The predicted molar refractivity (Wildman–Crippen MR) is 70.5 cm³/mol. The van der Waals surface area contributed by atoms with Crippen molar-refractivity contribution >= 4 is 17.3 Å². The normalized spacial score (nSPS) is 19.5. The van der Waals surface area contributed by atoms with Gasteiger partial charge in [0.05, 0.1) is 4.92 Å². The fourth-order valence-electron chi connectivity index (χ4n) is 2.54. The van der Waals surface area contributed by atoms with E-state index in [-0.39, 0.29) is 11.5 Å². The number of hydrogen-bond acceptors (Lipinski definition) is 5. The smallest absolute Gasteiger partial charge is 0.311 e. The lowest BCUT2D eigenvalue weighted by Crippen LogP contribution is -2.34. The molecule has 0 aromatic carbocycles. The molecule has 1 aromatic heterocycles. The molecular formula is C12H18N4O2. The first-order chi connectivity index (χ1) is 8.50. The summed E-state index contributed by atoms with van der Waals surface area (Å²) in [4.78, 5) is 16.6. The zero-order valence-electron chi connectivity index (χ0n) is 10.7. The van der Waals surface area contributed by atoms with E-state index < -0.39 is 4.92 Å². The van der Waals surface area contributed by atoms with E-state index in [2.05, 4.69) is 23.7 Å². The van der Waals surface area contributed by atoms with Gasteiger partial charge in [0.2, 0.25) is 5.82 Å². The largest absolute Gasteiger partial charge is 0.378 e. The average Bonchev–Trinajstić information content (AvgIpc) is 2.77. The number of nitrogens with zero attached hydrogens (tertiary/aromatic N) is 3. The lowest BCUT2D eigenvalue weighted by Gasteiger charge is -2.28. The second-order valence-corrected chi connectivity index (χ2v) is 4.98. The molecule has 2 heterocycles. The SMILES string of the molecule is CC(C)C1CCCN1c1ccc([N+](=O)[O-])c(N)n1. The Balaban J connectivity index is 2.29. The van der Waals surface area contributed by atoms with Crippen molar-refractivity contribution in [1.29, 1.82) is 0 Å². The van der Waals surface area contributed by atoms with Crippen LogP contribution in [0.3, 0.4) is 0 Å². The second kappa shape index (κ2) is 4.80. The summed E-state index contributed by atoms with van der Waals surface area (Å²) in [5.74, 6) is 1.27. The zero-order valence-corrected chi connectivity index (χ0v) is 10.7. The summed E-state index contributed by atoms with van der Waals surface area (Å²) in [6.07, 6.45) is 2.26. The number of nitrogen functional groups attached to an aromatic ring is 1. The molecule has 1 atom stereocenters. The van der Waals surface area contributed by atoms with E-state index in [4.69, 9.17) is 5.73 Å². The Morgan fingerprint density at radius 1 is 1.56 bits per heavy atom. The van der Waals surface area contributed by atoms with Crippen LogP contribution in [0.5, 0.6) is 0 Å². The third kappa shape index (κ3) is 2.23. The predicted octanol–water partition coefficient (Wildman–Crippen LogP) is 2.20. The number of aromatic nitrogens is 1. The second-order valence-electron chi connectivity index (χ2n) is 4.98. The fraction of sp³-hybridized carbons (Fsp3) is 0.583. The molecule has 1 saturated heterocycles. The van der Waals surface area contributed by atoms with Crippen molar-refractivity contribution in [3.05, 3.63) is 22.2 Å². The van der Waals surface area contributed by atoms with Crippen molar-refractivity contribution in [2.75, 3.05) is 17.2 Å². The molecule has 1 fully saturated rings. The topological polar surface area (TPSA) is 85.3 Å². The van der Waals surface area contributed by atoms with Crippen LogP contribution >= 0.6 is 0 Å². The molecule has 0 amide bonds. The van der Waals surface area contributed by atoms with Gasteiger partial charge in [-0.15, -0.1) is 0 Å². The van der Waals surface area contributed by atoms with Gasteiger partial charge in [0, 0.05) is 18.7 Å². The van der Waals surface area contributed by atoms with Crippen LogP contribution in [0.15, 0.2) is 12.1 Å². The summed E-state index contributed by atoms with van der Waals surface area (Å²) >= 11 is 0. The maximum absolute atomic E-state index is 10.7. The lowest BCUT2D eigenvalue weighted by molar-refractivity contribution is -0.384. The third-order valence-electron chi connectivity index (χ3n) is 3.45. The summed E-state index contributed by atoms with van der Waals surface area (Å²) in [7, 11) is 0. The molecule has 0 bridgehead atoms. The van der Waals surface area contributed by atoms with Gasteiger partial charge in [-0.1, -0.05) is 13.8 Å². The van der Waals surface area contributed by atoms with Crippen LogP contribution in [-0.2, 0) is 0 Å². The number of rotatable bonds is 3. The Bertz CT molecular complexity index is 461. The Kier molecular flexibility index (Phi) is 3.36. The molecule has 6 heteroatoms. The molecule has 18 heavy (non-hydrogen) atoms. The highest BCUT2D eigenvalue weighted by molar-refractivity contribution is 5.58. The van der Waals surface area contributed by atoms with Crippen molar-refractivity contribution in [2.24, 2.45) is 5.92 Å². The van der Waals surface area contributed by atoms with Crippen LogP contribution in [0, 0.1) is 16.0 Å². The Labute approximate surface area is 106 Å². The van der Waals surface area contributed by atoms with E-state index in [0.29, 0.717) is 12.0 Å². The van der Waals surface area contributed by atoms with Crippen molar-refractivity contribution in [2.45, 2.75) is 32.7 Å². The molecule has 2 rings (SSSR count). The molecule has 1 unspecified atom stereocenters. The van der Waals surface area contributed by atoms with Crippen molar-refractivity contribution in [1.82, 2.24) is 4.98 Å². The Hall–Kier alpha value is -1.85. The number of pyridine rings is 1. The van der Waals surface area contributed by atoms with Gasteiger partial charge in [0.25, 0.3) is 0 Å². The molecular weight excluding hydrogens is 232 g/mol. The summed E-state index contributed by atoms with van der Waals surface area (Å²) in [5, 5.41) is 10.7. The van der Waals surface area contributed by atoms with Gasteiger partial charge in [0.15, 0.2) is 0 Å². The van der Waals surface area contributed by atoms with Gasteiger partial charge >= 0.3 is 5.69 Å². The number of anilines is 2. The molecule has 1 aromatic rings. The van der Waals surface area contributed by atoms with Gasteiger partial charge in [-0.3, -0.25) is 10.1 Å².